The Morgan fingerprint density at radius 3 is 2.24 bits per heavy atom. The smallest absolute Gasteiger partial charge is 0.264 e. The minimum absolute atomic E-state index is 0.222. The van der Waals surface area contributed by atoms with E-state index in [-0.39, 0.29) is 17.3 Å². The quantitative estimate of drug-likeness (QED) is 0.592. The number of carbonyl (C=O) groups is 1. The normalized spacial score (nSPS) is 11.1. The van der Waals surface area contributed by atoms with Crippen molar-refractivity contribution >= 4 is 38.9 Å². The third-order valence-electron chi connectivity index (χ3n) is 4.55. The summed E-state index contributed by atoms with van der Waals surface area (Å²) in [5, 5.41) is 3.40. The Morgan fingerprint density at radius 1 is 0.966 bits per heavy atom. The molecule has 0 radical (unpaired) electrons. The number of hydrogen-bond donors (Lipinski definition) is 1. The van der Waals surface area contributed by atoms with Gasteiger partial charge in [-0.05, 0) is 67.9 Å². The van der Waals surface area contributed by atoms with Gasteiger partial charge < -0.3 is 5.32 Å². The van der Waals surface area contributed by atoms with Crippen LogP contribution in [-0.4, -0.2) is 20.9 Å². The molecular weight excluding hydrogens is 408 g/mol. The maximum absolute atomic E-state index is 12.9. The number of sulfonamides is 1. The van der Waals surface area contributed by atoms with Crippen LogP contribution in [0.15, 0.2) is 77.7 Å². The number of halogens is 1. The lowest BCUT2D eigenvalue weighted by Crippen LogP contribution is -2.30. The Labute approximate surface area is 176 Å². The summed E-state index contributed by atoms with van der Waals surface area (Å²) >= 11 is 6.09. The van der Waals surface area contributed by atoms with Gasteiger partial charge in [0.15, 0.2) is 0 Å². The van der Waals surface area contributed by atoms with Crippen molar-refractivity contribution in [2.45, 2.75) is 18.7 Å². The Morgan fingerprint density at radius 2 is 1.62 bits per heavy atom. The van der Waals surface area contributed by atoms with Crippen LogP contribution in [0.4, 0.5) is 11.4 Å². The first-order chi connectivity index (χ1) is 13.8. The summed E-state index contributed by atoms with van der Waals surface area (Å²) < 4.78 is 27.2. The fourth-order valence-corrected chi connectivity index (χ4v) is 4.60. The molecule has 3 aromatic rings. The van der Waals surface area contributed by atoms with Crippen LogP contribution in [0, 0.1) is 6.92 Å². The summed E-state index contributed by atoms with van der Waals surface area (Å²) in [6.07, 6.45) is 0. The molecule has 0 unspecified atom stereocenters. The molecule has 0 aliphatic rings. The highest BCUT2D eigenvalue weighted by Gasteiger charge is 2.23. The highest BCUT2D eigenvalue weighted by molar-refractivity contribution is 7.92. The lowest BCUT2D eigenvalue weighted by atomic mass is 10.1. The largest absolute Gasteiger partial charge is 0.322 e. The molecule has 5 nitrogen and oxygen atoms in total. The van der Waals surface area contributed by atoms with Gasteiger partial charge in [0, 0.05) is 22.8 Å². The van der Waals surface area contributed by atoms with E-state index < -0.39 is 10.0 Å². The van der Waals surface area contributed by atoms with Crippen molar-refractivity contribution in [2.24, 2.45) is 0 Å². The molecule has 3 aromatic carbocycles. The highest BCUT2D eigenvalue weighted by atomic mass is 35.5. The van der Waals surface area contributed by atoms with Crippen molar-refractivity contribution in [1.82, 2.24) is 0 Å². The Hall–Kier alpha value is -2.83. The van der Waals surface area contributed by atoms with E-state index in [2.05, 4.69) is 5.32 Å². The molecule has 0 aliphatic carbocycles. The molecule has 0 spiro atoms. The number of rotatable bonds is 6. The predicted octanol–water partition coefficient (Wildman–Crippen LogP) is 5.12. The van der Waals surface area contributed by atoms with Gasteiger partial charge in [-0.25, -0.2) is 8.42 Å². The fourth-order valence-electron chi connectivity index (χ4n) is 2.93. The molecule has 0 saturated heterocycles. The van der Waals surface area contributed by atoms with Gasteiger partial charge in [-0.1, -0.05) is 35.9 Å². The molecule has 150 valence electrons. The molecule has 1 amide bonds. The standard InChI is InChI=1S/C22H21ClN2O3S/c1-3-25(29(27,28)19-8-5-4-6-9-19)18-14-12-17(13-15-18)22(26)24-21-11-7-10-20(23)16(21)2/h4-15H,3H2,1-2H3,(H,24,26). The molecule has 0 aromatic heterocycles. The molecule has 0 saturated carbocycles. The van der Waals surface area contributed by atoms with E-state index in [1.165, 1.54) is 4.31 Å². The maximum atomic E-state index is 12.9. The zero-order valence-electron chi connectivity index (χ0n) is 16.1. The van der Waals surface area contributed by atoms with Crippen LogP contribution >= 0.6 is 11.6 Å². The molecule has 3 rings (SSSR count). The van der Waals surface area contributed by atoms with Crippen molar-refractivity contribution in [2.75, 3.05) is 16.2 Å². The third-order valence-corrected chi connectivity index (χ3v) is 6.88. The van der Waals surface area contributed by atoms with E-state index in [0.29, 0.717) is 22.0 Å². The van der Waals surface area contributed by atoms with Gasteiger partial charge in [0.1, 0.15) is 0 Å². The molecule has 1 N–H and O–H groups in total. The van der Waals surface area contributed by atoms with Gasteiger partial charge in [-0.3, -0.25) is 9.10 Å². The number of nitrogens with one attached hydrogen (secondary N) is 1. The van der Waals surface area contributed by atoms with E-state index in [1.54, 1.807) is 79.7 Å². The van der Waals surface area contributed by atoms with E-state index >= 15 is 0 Å². The molecule has 0 bridgehead atoms. The number of hydrogen-bond acceptors (Lipinski definition) is 3. The number of benzene rings is 3. The summed E-state index contributed by atoms with van der Waals surface area (Å²) in [6, 6.07) is 20.0. The number of anilines is 2. The van der Waals surface area contributed by atoms with Crippen LogP contribution in [0.3, 0.4) is 0 Å². The van der Waals surface area contributed by atoms with Crippen LogP contribution < -0.4 is 9.62 Å². The zero-order chi connectivity index (χ0) is 21.0. The van der Waals surface area contributed by atoms with Gasteiger partial charge in [0.2, 0.25) is 0 Å². The molecular formula is C22H21ClN2O3S. The van der Waals surface area contributed by atoms with Gasteiger partial charge in [0.25, 0.3) is 15.9 Å². The summed E-state index contributed by atoms with van der Waals surface area (Å²) in [7, 11) is -3.68. The summed E-state index contributed by atoms with van der Waals surface area (Å²) in [4.78, 5) is 12.8. The Balaban J connectivity index is 1.83. The molecule has 29 heavy (non-hydrogen) atoms. The van der Waals surface area contributed by atoms with Gasteiger partial charge in [-0.2, -0.15) is 0 Å². The van der Waals surface area contributed by atoms with Crippen molar-refractivity contribution in [3.63, 3.8) is 0 Å². The molecule has 0 heterocycles. The van der Waals surface area contributed by atoms with Crippen molar-refractivity contribution in [3.05, 3.63) is 88.9 Å². The second-order valence-electron chi connectivity index (χ2n) is 6.40. The summed E-state index contributed by atoms with van der Waals surface area (Å²) in [5.41, 5.74) is 2.33. The lowest BCUT2D eigenvalue weighted by Gasteiger charge is -2.23. The van der Waals surface area contributed by atoms with Gasteiger partial charge >= 0.3 is 0 Å². The predicted molar refractivity (Wildman–Crippen MR) is 117 cm³/mol. The first-order valence-corrected chi connectivity index (χ1v) is 10.9. The van der Waals surface area contributed by atoms with Crippen LogP contribution in [-0.2, 0) is 10.0 Å². The first kappa shape index (κ1) is 20.9. The average molecular weight is 429 g/mol. The van der Waals surface area contributed by atoms with Crippen LogP contribution in [0.1, 0.15) is 22.8 Å². The monoisotopic (exact) mass is 428 g/mol. The fraction of sp³-hybridized carbons (Fsp3) is 0.136. The highest BCUT2D eigenvalue weighted by Crippen LogP contribution is 2.25. The number of nitrogens with zero attached hydrogens (tertiary/aromatic N) is 1. The topological polar surface area (TPSA) is 66.5 Å². The van der Waals surface area contributed by atoms with Crippen LogP contribution in [0.2, 0.25) is 5.02 Å². The number of carbonyl (C=O) groups excluding carboxylic acids is 1. The summed E-state index contributed by atoms with van der Waals surface area (Å²) in [5.74, 6) is -0.295. The molecule has 0 fully saturated rings. The van der Waals surface area contributed by atoms with Crippen molar-refractivity contribution in [1.29, 1.82) is 0 Å². The lowest BCUT2D eigenvalue weighted by molar-refractivity contribution is 0.102. The van der Waals surface area contributed by atoms with Gasteiger partial charge in [-0.15, -0.1) is 0 Å². The third kappa shape index (κ3) is 4.44. The van der Waals surface area contributed by atoms with E-state index in [1.807, 2.05) is 6.92 Å². The van der Waals surface area contributed by atoms with Gasteiger partial charge in [0.05, 0.1) is 10.6 Å². The zero-order valence-corrected chi connectivity index (χ0v) is 17.7. The Bertz CT molecular complexity index is 1110. The minimum atomic E-state index is -3.68. The Kier molecular flexibility index (Phi) is 6.25. The maximum Gasteiger partial charge on any atom is 0.264 e. The van der Waals surface area contributed by atoms with E-state index in [4.69, 9.17) is 11.6 Å². The van der Waals surface area contributed by atoms with E-state index in [9.17, 15) is 13.2 Å². The molecule has 0 aliphatic heterocycles. The molecule has 0 atom stereocenters. The average Bonchev–Trinajstić information content (AvgIpc) is 2.73. The minimum Gasteiger partial charge on any atom is -0.322 e. The van der Waals surface area contributed by atoms with Crippen molar-refractivity contribution in [3.8, 4) is 0 Å². The van der Waals surface area contributed by atoms with Crippen LogP contribution in [0.25, 0.3) is 0 Å². The number of amides is 1. The SMILES string of the molecule is CCN(c1ccc(C(=O)Nc2cccc(Cl)c2C)cc1)S(=O)(=O)c1ccccc1. The molecule has 7 heteroatoms. The van der Waals surface area contributed by atoms with Crippen LogP contribution in [0.5, 0.6) is 0 Å². The van der Waals surface area contributed by atoms with Crippen molar-refractivity contribution < 1.29 is 13.2 Å². The second-order valence-corrected chi connectivity index (χ2v) is 8.67. The van der Waals surface area contributed by atoms with E-state index in [0.717, 1.165) is 5.56 Å². The second kappa shape index (κ2) is 8.68. The first-order valence-electron chi connectivity index (χ1n) is 9.09. The summed E-state index contributed by atoms with van der Waals surface area (Å²) in [6.45, 7) is 3.86.